The van der Waals surface area contributed by atoms with Gasteiger partial charge in [-0.2, -0.15) is 0 Å². The summed E-state index contributed by atoms with van der Waals surface area (Å²) in [5.41, 5.74) is 3.95. The van der Waals surface area contributed by atoms with Crippen molar-refractivity contribution in [2.24, 2.45) is 4.99 Å². The molecule has 2 aromatic rings. The van der Waals surface area contributed by atoms with Gasteiger partial charge in [0.25, 0.3) is 0 Å². The molecule has 0 saturated heterocycles. The highest BCUT2D eigenvalue weighted by molar-refractivity contribution is 14.0. The third kappa shape index (κ3) is 7.17. The van der Waals surface area contributed by atoms with E-state index in [1.807, 2.05) is 6.92 Å². The van der Waals surface area contributed by atoms with E-state index in [1.165, 1.54) is 35.6 Å². The number of guanidine groups is 1. The van der Waals surface area contributed by atoms with Gasteiger partial charge in [0.05, 0.1) is 12.3 Å². The molecule has 1 saturated carbocycles. The van der Waals surface area contributed by atoms with Gasteiger partial charge in [0, 0.05) is 24.8 Å². The quantitative estimate of drug-likeness (QED) is 0.291. The van der Waals surface area contributed by atoms with Crippen LogP contribution in [0, 0.1) is 12.7 Å². The zero-order valence-corrected chi connectivity index (χ0v) is 21.4. The van der Waals surface area contributed by atoms with Crippen LogP contribution in [0.25, 0.3) is 0 Å². The average Bonchev–Trinajstić information content (AvgIpc) is 3.46. The van der Waals surface area contributed by atoms with Crippen LogP contribution in [0.4, 0.5) is 4.39 Å². The molecular formula is C23H31FIN3O2S. The van der Waals surface area contributed by atoms with Crippen molar-refractivity contribution in [3.05, 3.63) is 70.5 Å². The highest BCUT2D eigenvalue weighted by Gasteiger charge is 2.44. The molecule has 0 radical (unpaired) electrons. The normalized spacial score (nSPS) is 15.2. The molecule has 3 rings (SSSR count). The van der Waals surface area contributed by atoms with E-state index in [2.05, 4.69) is 46.8 Å². The molecule has 1 fully saturated rings. The lowest BCUT2D eigenvalue weighted by Gasteiger charge is -2.21. The van der Waals surface area contributed by atoms with Crippen LogP contribution < -0.4 is 10.6 Å². The Hall–Kier alpha value is -1.68. The molecule has 1 aliphatic carbocycles. The summed E-state index contributed by atoms with van der Waals surface area (Å²) in [5.74, 6) is 0.122. The smallest absolute Gasteiger partial charge is 0.191 e. The fraction of sp³-hybridized carbons (Fsp3) is 0.435. The number of aliphatic imine (C=N–C) groups is 1. The Labute approximate surface area is 201 Å². The van der Waals surface area contributed by atoms with Gasteiger partial charge in [-0.25, -0.2) is 17.8 Å². The molecule has 170 valence electrons. The van der Waals surface area contributed by atoms with E-state index in [4.69, 9.17) is 0 Å². The molecule has 0 atom stereocenters. The monoisotopic (exact) mass is 559 g/mol. The third-order valence-corrected chi connectivity index (χ3v) is 6.34. The number of hydrogen-bond donors (Lipinski definition) is 2. The lowest BCUT2D eigenvalue weighted by Crippen LogP contribution is -2.41. The lowest BCUT2D eigenvalue weighted by molar-refractivity contribution is 0.600. The summed E-state index contributed by atoms with van der Waals surface area (Å²) in [4.78, 5) is 4.60. The van der Waals surface area contributed by atoms with Crippen LogP contribution in [0.5, 0.6) is 0 Å². The minimum absolute atomic E-state index is 0. The molecule has 2 N–H and O–H groups in total. The SMILES string of the molecule is CCNC(=NCc1cc(F)ccc1CS(C)(=O)=O)NCC1(c2ccccc2C)CC1.I. The number of halogens is 2. The third-order valence-electron chi connectivity index (χ3n) is 5.50. The van der Waals surface area contributed by atoms with Gasteiger partial charge in [0.2, 0.25) is 0 Å². The van der Waals surface area contributed by atoms with Gasteiger partial charge in [-0.05, 0) is 61.1 Å². The first-order chi connectivity index (χ1) is 14.2. The number of aryl methyl sites for hydroxylation is 1. The maximum absolute atomic E-state index is 13.8. The Bertz CT molecular complexity index is 1040. The van der Waals surface area contributed by atoms with Gasteiger partial charge in [-0.3, -0.25) is 0 Å². The molecule has 2 aromatic carbocycles. The Morgan fingerprint density at radius 1 is 1.13 bits per heavy atom. The molecule has 0 aliphatic heterocycles. The highest BCUT2D eigenvalue weighted by Crippen LogP contribution is 2.48. The van der Waals surface area contributed by atoms with Crippen molar-refractivity contribution in [1.29, 1.82) is 0 Å². The second-order valence-electron chi connectivity index (χ2n) is 8.13. The Morgan fingerprint density at radius 2 is 1.84 bits per heavy atom. The molecular weight excluding hydrogens is 528 g/mol. The molecule has 8 heteroatoms. The van der Waals surface area contributed by atoms with Crippen molar-refractivity contribution < 1.29 is 12.8 Å². The van der Waals surface area contributed by atoms with Crippen molar-refractivity contribution in [2.45, 2.75) is 44.4 Å². The number of nitrogens with zero attached hydrogens (tertiary/aromatic N) is 1. The highest BCUT2D eigenvalue weighted by atomic mass is 127. The summed E-state index contributed by atoms with van der Waals surface area (Å²) in [6.45, 7) is 5.80. The molecule has 0 amide bonds. The average molecular weight is 559 g/mol. The second kappa shape index (κ2) is 10.8. The minimum atomic E-state index is -3.22. The van der Waals surface area contributed by atoms with Gasteiger partial charge >= 0.3 is 0 Å². The first-order valence-corrected chi connectivity index (χ1v) is 12.3. The van der Waals surface area contributed by atoms with Crippen LogP contribution in [-0.2, 0) is 27.5 Å². The number of rotatable bonds is 8. The van der Waals surface area contributed by atoms with Gasteiger partial charge < -0.3 is 10.6 Å². The van der Waals surface area contributed by atoms with Crippen molar-refractivity contribution in [3.63, 3.8) is 0 Å². The predicted octanol–water partition coefficient (Wildman–Crippen LogP) is 4.08. The number of hydrogen-bond acceptors (Lipinski definition) is 3. The fourth-order valence-corrected chi connectivity index (χ4v) is 4.63. The van der Waals surface area contributed by atoms with Gasteiger partial charge in [-0.1, -0.05) is 30.3 Å². The Balaban J connectivity index is 0.00000341. The van der Waals surface area contributed by atoms with E-state index < -0.39 is 15.7 Å². The maximum atomic E-state index is 13.8. The van der Waals surface area contributed by atoms with E-state index in [0.29, 0.717) is 23.6 Å². The number of nitrogens with one attached hydrogen (secondary N) is 2. The first kappa shape index (κ1) is 25.6. The van der Waals surface area contributed by atoms with Crippen molar-refractivity contribution in [1.82, 2.24) is 10.6 Å². The van der Waals surface area contributed by atoms with E-state index >= 15 is 0 Å². The maximum Gasteiger partial charge on any atom is 0.191 e. The van der Waals surface area contributed by atoms with Crippen LogP contribution in [0.2, 0.25) is 0 Å². The van der Waals surface area contributed by atoms with Crippen molar-refractivity contribution >= 4 is 39.8 Å². The fourth-order valence-electron chi connectivity index (χ4n) is 3.78. The second-order valence-corrected chi connectivity index (χ2v) is 10.3. The zero-order chi connectivity index (χ0) is 21.8. The van der Waals surface area contributed by atoms with E-state index in [0.717, 1.165) is 19.4 Å². The van der Waals surface area contributed by atoms with Gasteiger partial charge in [-0.15, -0.1) is 24.0 Å². The summed E-state index contributed by atoms with van der Waals surface area (Å²) in [7, 11) is -3.22. The van der Waals surface area contributed by atoms with Crippen LogP contribution in [0.3, 0.4) is 0 Å². The molecule has 1 aliphatic rings. The molecule has 0 bridgehead atoms. The van der Waals surface area contributed by atoms with Gasteiger partial charge in [0.15, 0.2) is 15.8 Å². The molecule has 0 spiro atoms. The largest absolute Gasteiger partial charge is 0.357 e. The van der Waals surface area contributed by atoms with E-state index in [-0.39, 0.29) is 41.7 Å². The standard InChI is InChI=1S/C23H30FN3O2S.HI/c1-4-25-22(27-16-23(11-12-23)21-8-6-5-7-17(21)2)26-14-19-13-20(24)10-9-18(19)15-30(3,28)29;/h5-10,13H,4,11-12,14-16H2,1-3H3,(H2,25,26,27);1H. The Kier molecular flexibility index (Phi) is 8.88. The molecule has 5 nitrogen and oxygen atoms in total. The van der Waals surface area contributed by atoms with Crippen LogP contribution in [0.15, 0.2) is 47.5 Å². The van der Waals surface area contributed by atoms with E-state index in [1.54, 1.807) is 0 Å². The lowest BCUT2D eigenvalue weighted by atomic mass is 9.92. The first-order valence-electron chi connectivity index (χ1n) is 10.3. The van der Waals surface area contributed by atoms with Crippen LogP contribution in [-0.4, -0.2) is 33.7 Å². The minimum Gasteiger partial charge on any atom is -0.357 e. The van der Waals surface area contributed by atoms with Crippen molar-refractivity contribution in [2.75, 3.05) is 19.3 Å². The number of benzene rings is 2. The van der Waals surface area contributed by atoms with Crippen molar-refractivity contribution in [3.8, 4) is 0 Å². The summed E-state index contributed by atoms with van der Waals surface area (Å²) in [6, 6.07) is 12.6. The number of sulfone groups is 1. The summed E-state index contributed by atoms with van der Waals surface area (Å²) in [5, 5.41) is 6.66. The molecule has 31 heavy (non-hydrogen) atoms. The summed E-state index contributed by atoms with van der Waals surface area (Å²) in [6.07, 6.45) is 3.44. The summed E-state index contributed by atoms with van der Waals surface area (Å²) >= 11 is 0. The topological polar surface area (TPSA) is 70.6 Å². The predicted molar refractivity (Wildman–Crippen MR) is 135 cm³/mol. The molecule has 0 unspecified atom stereocenters. The molecule has 0 heterocycles. The zero-order valence-electron chi connectivity index (χ0n) is 18.2. The van der Waals surface area contributed by atoms with E-state index in [9.17, 15) is 12.8 Å². The molecule has 0 aromatic heterocycles. The Morgan fingerprint density at radius 3 is 2.45 bits per heavy atom. The van der Waals surface area contributed by atoms with Crippen LogP contribution in [0.1, 0.15) is 42.0 Å². The van der Waals surface area contributed by atoms with Gasteiger partial charge in [0.1, 0.15) is 5.82 Å². The van der Waals surface area contributed by atoms with Crippen LogP contribution >= 0.6 is 24.0 Å². The summed E-state index contributed by atoms with van der Waals surface area (Å²) < 4.78 is 37.2.